The van der Waals surface area contributed by atoms with Crippen LogP contribution in [0.15, 0.2) is 41.6 Å². The van der Waals surface area contributed by atoms with Crippen molar-refractivity contribution in [3.8, 4) is 0 Å². The molecule has 1 aromatic carbocycles. The molecular formula is C14H14FN3O2S. The Labute approximate surface area is 122 Å². The summed E-state index contributed by atoms with van der Waals surface area (Å²) in [5, 5.41) is 3.25. The van der Waals surface area contributed by atoms with Gasteiger partial charge in [-0.1, -0.05) is 0 Å². The fraction of sp³-hybridized carbons (Fsp3) is 0.214. The predicted molar refractivity (Wildman–Crippen MR) is 78.3 cm³/mol. The number of nitrogens with zero attached hydrogens (tertiary/aromatic N) is 1. The van der Waals surface area contributed by atoms with Crippen molar-refractivity contribution < 1.29 is 12.8 Å². The van der Waals surface area contributed by atoms with E-state index in [0.717, 1.165) is 49.1 Å². The lowest BCUT2D eigenvalue weighted by Gasteiger charge is -2.19. The van der Waals surface area contributed by atoms with Crippen LogP contribution in [-0.2, 0) is 16.4 Å². The Morgan fingerprint density at radius 2 is 2.10 bits per heavy atom. The fourth-order valence-corrected chi connectivity index (χ4v) is 3.31. The van der Waals surface area contributed by atoms with Crippen LogP contribution in [0.3, 0.4) is 0 Å². The van der Waals surface area contributed by atoms with Crippen LogP contribution < -0.4 is 10.0 Å². The summed E-state index contributed by atoms with van der Waals surface area (Å²) in [4.78, 5) is 3.36. The molecule has 0 atom stereocenters. The zero-order chi connectivity index (χ0) is 14.9. The molecule has 0 amide bonds. The lowest BCUT2D eigenvalue weighted by Crippen LogP contribution is -2.15. The summed E-state index contributed by atoms with van der Waals surface area (Å²) in [6.45, 7) is 0.924. The van der Waals surface area contributed by atoms with E-state index in [0.29, 0.717) is 5.69 Å². The normalized spacial score (nSPS) is 14.1. The van der Waals surface area contributed by atoms with Gasteiger partial charge in [0.25, 0.3) is 10.0 Å². The summed E-state index contributed by atoms with van der Waals surface area (Å²) in [6, 6.07) is 6.26. The summed E-state index contributed by atoms with van der Waals surface area (Å²) in [5.41, 5.74) is 2.55. The minimum Gasteiger partial charge on any atom is -0.385 e. The van der Waals surface area contributed by atoms with Crippen LogP contribution >= 0.6 is 0 Å². The molecule has 0 radical (unpaired) electrons. The summed E-state index contributed by atoms with van der Waals surface area (Å²) in [6.07, 6.45) is 3.99. The quantitative estimate of drug-likeness (QED) is 0.913. The Morgan fingerprint density at radius 3 is 2.90 bits per heavy atom. The molecule has 2 heterocycles. The van der Waals surface area contributed by atoms with Crippen molar-refractivity contribution in [1.29, 1.82) is 0 Å². The molecule has 2 N–H and O–H groups in total. The highest BCUT2D eigenvalue weighted by atomic mass is 32.2. The minimum atomic E-state index is -3.84. The molecular weight excluding hydrogens is 293 g/mol. The Balaban J connectivity index is 1.89. The molecule has 3 rings (SSSR count). The first-order valence-corrected chi connectivity index (χ1v) is 8.03. The highest BCUT2D eigenvalue weighted by molar-refractivity contribution is 7.92. The molecule has 0 spiro atoms. The average molecular weight is 307 g/mol. The van der Waals surface area contributed by atoms with Crippen molar-refractivity contribution in [1.82, 2.24) is 4.98 Å². The standard InChI is InChI=1S/C14H14FN3O2S/c15-11-7-13(9-16-8-11)21(19,20)18-12-3-4-14-10(6-12)2-1-5-17-14/h3-4,6-9,17-18H,1-2,5H2. The second kappa shape index (κ2) is 5.33. The van der Waals surface area contributed by atoms with Crippen molar-refractivity contribution in [2.75, 3.05) is 16.6 Å². The van der Waals surface area contributed by atoms with Crippen LogP contribution in [0.1, 0.15) is 12.0 Å². The van der Waals surface area contributed by atoms with E-state index in [-0.39, 0.29) is 4.90 Å². The Hall–Kier alpha value is -2.15. The largest absolute Gasteiger partial charge is 0.385 e. The topological polar surface area (TPSA) is 71.1 Å². The van der Waals surface area contributed by atoms with Crippen LogP contribution in [0, 0.1) is 5.82 Å². The number of nitrogens with one attached hydrogen (secondary N) is 2. The first-order chi connectivity index (χ1) is 10.0. The van der Waals surface area contributed by atoms with E-state index in [1.54, 1.807) is 12.1 Å². The minimum absolute atomic E-state index is 0.196. The van der Waals surface area contributed by atoms with Crippen LogP contribution in [0.25, 0.3) is 0 Å². The molecule has 21 heavy (non-hydrogen) atoms. The lowest BCUT2D eigenvalue weighted by atomic mass is 10.0. The van der Waals surface area contributed by atoms with E-state index in [4.69, 9.17) is 0 Å². The number of pyridine rings is 1. The SMILES string of the molecule is O=S(=O)(Nc1ccc2c(c1)CCCN2)c1cncc(F)c1. The van der Waals surface area contributed by atoms with Gasteiger partial charge in [-0.25, -0.2) is 12.8 Å². The van der Waals surface area contributed by atoms with Crippen LogP contribution in [-0.4, -0.2) is 19.9 Å². The second-order valence-electron chi connectivity index (χ2n) is 4.85. The molecule has 2 aromatic rings. The molecule has 0 aliphatic carbocycles. The van der Waals surface area contributed by atoms with E-state index in [1.807, 2.05) is 6.07 Å². The maximum Gasteiger partial charge on any atom is 0.263 e. The van der Waals surface area contributed by atoms with E-state index in [9.17, 15) is 12.8 Å². The van der Waals surface area contributed by atoms with Gasteiger partial charge in [-0.2, -0.15) is 0 Å². The number of hydrogen-bond donors (Lipinski definition) is 2. The maximum atomic E-state index is 13.1. The predicted octanol–water partition coefficient (Wildman–Crippen LogP) is 2.38. The van der Waals surface area contributed by atoms with E-state index >= 15 is 0 Å². The third-order valence-electron chi connectivity index (χ3n) is 3.29. The third-order valence-corrected chi connectivity index (χ3v) is 4.63. The molecule has 1 aromatic heterocycles. The lowest BCUT2D eigenvalue weighted by molar-refractivity contribution is 0.592. The molecule has 0 bridgehead atoms. The number of anilines is 2. The Morgan fingerprint density at radius 1 is 1.24 bits per heavy atom. The van der Waals surface area contributed by atoms with Crippen molar-refractivity contribution in [3.63, 3.8) is 0 Å². The molecule has 1 aliphatic rings. The van der Waals surface area contributed by atoms with Crippen LogP contribution in [0.4, 0.5) is 15.8 Å². The molecule has 0 saturated carbocycles. The van der Waals surface area contributed by atoms with Gasteiger partial charge in [0.05, 0.1) is 6.20 Å². The van der Waals surface area contributed by atoms with Gasteiger partial charge < -0.3 is 5.32 Å². The molecule has 7 heteroatoms. The summed E-state index contributed by atoms with van der Waals surface area (Å²) in [7, 11) is -3.84. The van der Waals surface area contributed by atoms with Crippen LogP contribution in [0.2, 0.25) is 0 Å². The van der Waals surface area contributed by atoms with E-state index in [1.165, 1.54) is 0 Å². The third kappa shape index (κ3) is 2.97. The van der Waals surface area contributed by atoms with Gasteiger partial charge in [0, 0.05) is 24.1 Å². The summed E-state index contributed by atoms with van der Waals surface area (Å²) < 4.78 is 39.9. The monoisotopic (exact) mass is 307 g/mol. The van der Waals surface area contributed by atoms with Gasteiger partial charge in [0.2, 0.25) is 0 Å². The molecule has 5 nitrogen and oxygen atoms in total. The fourth-order valence-electron chi connectivity index (χ4n) is 2.29. The second-order valence-corrected chi connectivity index (χ2v) is 6.53. The van der Waals surface area contributed by atoms with Gasteiger partial charge in [-0.05, 0) is 42.7 Å². The molecule has 1 aliphatic heterocycles. The molecule has 0 saturated heterocycles. The Bertz CT molecular complexity index is 778. The van der Waals surface area contributed by atoms with E-state index < -0.39 is 15.8 Å². The number of aromatic nitrogens is 1. The van der Waals surface area contributed by atoms with Gasteiger partial charge >= 0.3 is 0 Å². The van der Waals surface area contributed by atoms with Crippen molar-refractivity contribution >= 4 is 21.4 Å². The first-order valence-electron chi connectivity index (χ1n) is 6.55. The number of halogens is 1. The van der Waals surface area contributed by atoms with E-state index in [2.05, 4.69) is 15.0 Å². The van der Waals surface area contributed by atoms with Crippen molar-refractivity contribution in [3.05, 3.63) is 48.0 Å². The van der Waals surface area contributed by atoms with Gasteiger partial charge in [0.1, 0.15) is 10.7 Å². The molecule has 0 unspecified atom stereocenters. The smallest absolute Gasteiger partial charge is 0.263 e. The van der Waals surface area contributed by atoms with Gasteiger partial charge in [-0.15, -0.1) is 0 Å². The van der Waals surface area contributed by atoms with Gasteiger partial charge in [-0.3, -0.25) is 9.71 Å². The van der Waals surface area contributed by atoms with Crippen molar-refractivity contribution in [2.45, 2.75) is 17.7 Å². The zero-order valence-corrected chi connectivity index (χ0v) is 12.0. The number of hydrogen-bond acceptors (Lipinski definition) is 4. The van der Waals surface area contributed by atoms with Gasteiger partial charge in [0.15, 0.2) is 0 Å². The Kier molecular flexibility index (Phi) is 3.50. The highest BCUT2D eigenvalue weighted by Gasteiger charge is 2.17. The summed E-state index contributed by atoms with van der Waals surface area (Å²) >= 11 is 0. The average Bonchev–Trinajstić information content (AvgIpc) is 2.47. The first kappa shape index (κ1) is 13.8. The molecule has 0 fully saturated rings. The molecule has 110 valence electrons. The summed E-state index contributed by atoms with van der Waals surface area (Å²) in [5.74, 6) is -0.687. The van der Waals surface area contributed by atoms with Crippen LogP contribution in [0.5, 0.6) is 0 Å². The number of sulfonamides is 1. The highest BCUT2D eigenvalue weighted by Crippen LogP contribution is 2.26. The van der Waals surface area contributed by atoms with Crippen molar-refractivity contribution in [2.24, 2.45) is 0 Å². The number of fused-ring (bicyclic) bond motifs is 1. The maximum absolute atomic E-state index is 13.1. The number of rotatable bonds is 3. The number of aryl methyl sites for hydroxylation is 1. The zero-order valence-electron chi connectivity index (χ0n) is 11.1. The number of benzene rings is 1.